The Kier molecular flexibility index (Phi) is 8.40. The van der Waals surface area contributed by atoms with Gasteiger partial charge in [0.05, 0.1) is 0 Å². The van der Waals surface area contributed by atoms with Crippen molar-refractivity contribution in [2.75, 3.05) is 0 Å². The summed E-state index contributed by atoms with van der Waals surface area (Å²) in [5, 5.41) is 13.9. The minimum Gasteiger partial charge on any atom is -0.450 e. The van der Waals surface area contributed by atoms with Crippen molar-refractivity contribution in [1.29, 1.82) is 0 Å². The summed E-state index contributed by atoms with van der Waals surface area (Å²) in [6.45, 7) is 3.83. The molecule has 116 valence electrons. The van der Waals surface area contributed by atoms with E-state index in [1.54, 1.807) is 12.8 Å². The van der Waals surface area contributed by atoms with Gasteiger partial charge in [0.25, 0.3) is 0 Å². The van der Waals surface area contributed by atoms with Gasteiger partial charge < -0.3 is 10.2 Å². The lowest BCUT2D eigenvalue weighted by atomic mass is 9.70. The third kappa shape index (κ3) is 6.97. The predicted octanol–water partition coefficient (Wildman–Crippen LogP) is 5.56. The molecule has 3 heteroatoms. The Morgan fingerprint density at radius 3 is 1.95 bits per heavy atom. The van der Waals surface area contributed by atoms with E-state index in [2.05, 4.69) is 12.7 Å². The van der Waals surface area contributed by atoms with Crippen LogP contribution in [0, 0.1) is 17.8 Å². The zero-order valence-corrected chi connectivity index (χ0v) is 12.6. The zero-order valence-electron chi connectivity index (χ0n) is 12.6. The molecule has 0 bridgehead atoms. The molecule has 20 heavy (non-hydrogen) atoms. The number of carbonyl (C=O) groups is 1. The number of allylic oxidation sites excluding steroid dienone is 1. The summed E-state index contributed by atoms with van der Waals surface area (Å²) in [7, 11) is 0. The van der Waals surface area contributed by atoms with Crippen LogP contribution < -0.4 is 0 Å². The quantitative estimate of drug-likeness (QED) is 0.663. The summed E-state index contributed by atoms with van der Waals surface area (Å²) in [5.74, 6) is 3.23. The van der Waals surface area contributed by atoms with E-state index in [-0.39, 0.29) is 0 Å². The molecule has 0 spiro atoms. The molecule has 0 aromatic rings. The van der Waals surface area contributed by atoms with Crippen LogP contribution in [0.1, 0.15) is 70.6 Å². The monoisotopic (exact) mass is 282 g/mol. The van der Waals surface area contributed by atoms with Crippen molar-refractivity contribution < 1.29 is 15.0 Å². The average molecular weight is 282 g/mol. The fourth-order valence-electron chi connectivity index (χ4n) is 3.91. The first kappa shape index (κ1) is 17.1. The minimum absolute atomic E-state index is 1.03. The standard InChI is InChI=1S/C16H28.CH2O3/c1-2-3-7-14-10-12-16(13-11-14)15-8-5-4-6-9-15;2-1(3)4/h2,14-16H,1,3-13H2;(H2,2,3,4)/t14-,16-;. The van der Waals surface area contributed by atoms with Crippen LogP contribution in [0.3, 0.4) is 0 Å². The Bertz CT molecular complexity index is 270. The van der Waals surface area contributed by atoms with E-state index in [0.29, 0.717) is 0 Å². The molecule has 0 aromatic carbocycles. The van der Waals surface area contributed by atoms with Gasteiger partial charge in [-0.05, 0) is 43.4 Å². The van der Waals surface area contributed by atoms with Gasteiger partial charge in [0.1, 0.15) is 0 Å². The van der Waals surface area contributed by atoms with Gasteiger partial charge in [-0.25, -0.2) is 4.79 Å². The molecule has 0 heterocycles. The van der Waals surface area contributed by atoms with Crippen molar-refractivity contribution in [2.45, 2.75) is 70.6 Å². The maximum absolute atomic E-state index is 8.56. The number of rotatable bonds is 4. The lowest BCUT2D eigenvalue weighted by Crippen LogP contribution is -2.23. The van der Waals surface area contributed by atoms with E-state index in [0.717, 1.165) is 17.8 Å². The Morgan fingerprint density at radius 2 is 1.45 bits per heavy atom. The van der Waals surface area contributed by atoms with Gasteiger partial charge in [-0.15, -0.1) is 6.58 Å². The van der Waals surface area contributed by atoms with Crippen molar-refractivity contribution in [3.63, 3.8) is 0 Å². The van der Waals surface area contributed by atoms with Gasteiger partial charge >= 0.3 is 6.16 Å². The van der Waals surface area contributed by atoms with E-state index in [1.165, 1.54) is 57.8 Å². The minimum atomic E-state index is -1.83. The maximum atomic E-state index is 8.56. The van der Waals surface area contributed by atoms with Crippen LogP contribution in [0.4, 0.5) is 4.79 Å². The average Bonchev–Trinajstić information content (AvgIpc) is 2.46. The van der Waals surface area contributed by atoms with Crippen molar-refractivity contribution >= 4 is 6.16 Å². The fourth-order valence-corrected chi connectivity index (χ4v) is 3.91. The van der Waals surface area contributed by atoms with Gasteiger partial charge in [0, 0.05) is 0 Å². The molecule has 0 amide bonds. The molecule has 2 saturated carbocycles. The Hall–Kier alpha value is -0.990. The molecule has 0 aromatic heterocycles. The second-order valence-corrected chi connectivity index (χ2v) is 6.33. The van der Waals surface area contributed by atoms with E-state index in [4.69, 9.17) is 15.0 Å². The molecule has 2 fully saturated rings. The Labute approximate surface area is 123 Å². The highest BCUT2D eigenvalue weighted by Gasteiger charge is 2.27. The lowest BCUT2D eigenvalue weighted by Gasteiger charge is -2.35. The van der Waals surface area contributed by atoms with Crippen molar-refractivity contribution in [3.05, 3.63) is 12.7 Å². The molecule has 0 aliphatic heterocycles. The second-order valence-electron chi connectivity index (χ2n) is 6.33. The van der Waals surface area contributed by atoms with Gasteiger partial charge in [-0.1, -0.05) is 51.0 Å². The number of carboxylic acid groups (broad SMARTS) is 2. The van der Waals surface area contributed by atoms with E-state index in [9.17, 15) is 0 Å². The zero-order chi connectivity index (χ0) is 14.8. The number of hydrogen-bond donors (Lipinski definition) is 2. The number of hydrogen-bond acceptors (Lipinski definition) is 1. The SMILES string of the molecule is C=CCC[C@H]1CC[C@H](C2CCCCC2)CC1.O=C(O)O. The normalized spacial score (nSPS) is 27.2. The highest BCUT2D eigenvalue weighted by Crippen LogP contribution is 2.40. The topological polar surface area (TPSA) is 57.5 Å². The van der Waals surface area contributed by atoms with Crippen LogP contribution in [-0.2, 0) is 0 Å². The smallest absolute Gasteiger partial charge is 0.450 e. The molecule has 0 radical (unpaired) electrons. The van der Waals surface area contributed by atoms with Gasteiger partial charge in [0.15, 0.2) is 0 Å². The van der Waals surface area contributed by atoms with Crippen molar-refractivity contribution in [1.82, 2.24) is 0 Å². The fraction of sp³-hybridized carbons (Fsp3) is 0.824. The maximum Gasteiger partial charge on any atom is 0.503 e. The summed E-state index contributed by atoms with van der Waals surface area (Å²) in [6, 6.07) is 0. The highest BCUT2D eigenvalue weighted by molar-refractivity contribution is 5.53. The lowest BCUT2D eigenvalue weighted by molar-refractivity contribution is 0.137. The van der Waals surface area contributed by atoms with Crippen LogP contribution in [-0.4, -0.2) is 16.4 Å². The molecule has 0 saturated heterocycles. The summed E-state index contributed by atoms with van der Waals surface area (Å²) in [6.07, 6.45) is 16.6. The highest BCUT2D eigenvalue weighted by atomic mass is 16.6. The third-order valence-corrected chi connectivity index (χ3v) is 4.99. The third-order valence-electron chi connectivity index (χ3n) is 4.99. The van der Waals surface area contributed by atoms with Crippen LogP contribution in [0.2, 0.25) is 0 Å². The van der Waals surface area contributed by atoms with E-state index >= 15 is 0 Å². The molecule has 0 atom stereocenters. The molecular weight excluding hydrogens is 252 g/mol. The van der Waals surface area contributed by atoms with Crippen LogP contribution in [0.15, 0.2) is 12.7 Å². The summed E-state index contributed by atoms with van der Waals surface area (Å²) < 4.78 is 0. The molecule has 2 aliphatic rings. The predicted molar refractivity (Wildman–Crippen MR) is 82.1 cm³/mol. The largest absolute Gasteiger partial charge is 0.503 e. The van der Waals surface area contributed by atoms with Crippen LogP contribution in [0.25, 0.3) is 0 Å². The van der Waals surface area contributed by atoms with Crippen molar-refractivity contribution in [3.8, 4) is 0 Å². The van der Waals surface area contributed by atoms with Crippen molar-refractivity contribution in [2.24, 2.45) is 17.8 Å². The van der Waals surface area contributed by atoms with E-state index < -0.39 is 6.16 Å². The molecule has 2 N–H and O–H groups in total. The summed E-state index contributed by atoms with van der Waals surface area (Å²) in [4.78, 5) is 8.56. The molecule has 2 aliphatic carbocycles. The Morgan fingerprint density at radius 1 is 0.950 bits per heavy atom. The molecule has 3 nitrogen and oxygen atoms in total. The van der Waals surface area contributed by atoms with Gasteiger partial charge in [-0.3, -0.25) is 0 Å². The first-order valence-electron chi connectivity index (χ1n) is 8.16. The van der Waals surface area contributed by atoms with Crippen LogP contribution in [0.5, 0.6) is 0 Å². The van der Waals surface area contributed by atoms with E-state index in [1.807, 2.05) is 0 Å². The first-order chi connectivity index (χ1) is 9.63. The van der Waals surface area contributed by atoms with Gasteiger partial charge in [0.2, 0.25) is 0 Å². The van der Waals surface area contributed by atoms with Gasteiger partial charge in [-0.2, -0.15) is 0 Å². The Balaban J connectivity index is 0.000000444. The summed E-state index contributed by atoms with van der Waals surface area (Å²) >= 11 is 0. The molecular formula is C17H30O3. The summed E-state index contributed by atoms with van der Waals surface area (Å²) in [5.41, 5.74) is 0. The molecule has 0 unspecified atom stereocenters. The van der Waals surface area contributed by atoms with Crippen LogP contribution >= 0.6 is 0 Å². The second kappa shape index (κ2) is 9.84. The first-order valence-corrected chi connectivity index (χ1v) is 8.16. The molecule has 2 rings (SSSR count).